The van der Waals surface area contributed by atoms with E-state index >= 15 is 0 Å². The van der Waals surface area contributed by atoms with Crippen molar-refractivity contribution in [1.82, 2.24) is 4.98 Å². The van der Waals surface area contributed by atoms with Crippen LogP contribution in [0.25, 0.3) is 10.9 Å². The van der Waals surface area contributed by atoms with Crippen LogP contribution in [0.5, 0.6) is 0 Å². The minimum atomic E-state index is -1.14. The van der Waals surface area contributed by atoms with E-state index in [1.165, 1.54) is 32.2 Å². The second-order valence-electron chi connectivity index (χ2n) is 5.18. The van der Waals surface area contributed by atoms with Crippen molar-refractivity contribution in [2.24, 2.45) is 5.41 Å². The fraction of sp³-hybridized carbons (Fsp3) is 0.286. The summed E-state index contributed by atoms with van der Waals surface area (Å²) in [5.41, 5.74) is -0.171. The zero-order valence-corrected chi connectivity index (χ0v) is 10.7. The second kappa shape index (κ2) is 4.50. The molecule has 2 aromatic rings. The summed E-state index contributed by atoms with van der Waals surface area (Å²) in [5, 5.41) is 9.50. The number of aliphatic carboxylic acids is 1. The summed E-state index contributed by atoms with van der Waals surface area (Å²) in [6.07, 6.45) is 1.36. The van der Waals surface area contributed by atoms with Crippen LogP contribution < -0.4 is 0 Å². The number of carbonyl (C=O) groups excluding carboxylic acids is 1. The van der Waals surface area contributed by atoms with E-state index in [0.29, 0.717) is 16.5 Å². The fourth-order valence-corrected chi connectivity index (χ4v) is 1.90. The van der Waals surface area contributed by atoms with Crippen molar-refractivity contribution in [3.8, 4) is 0 Å². The van der Waals surface area contributed by atoms with E-state index in [0.717, 1.165) is 0 Å². The predicted molar refractivity (Wildman–Crippen MR) is 68.6 cm³/mol. The number of fused-ring (bicyclic) bond motifs is 1. The van der Waals surface area contributed by atoms with Crippen LogP contribution in [0.2, 0.25) is 0 Å². The molecule has 1 aromatic carbocycles. The Hall–Kier alpha value is -2.17. The van der Waals surface area contributed by atoms with Gasteiger partial charge < -0.3 is 10.1 Å². The maximum absolute atomic E-state index is 13.2. The topological polar surface area (TPSA) is 70.2 Å². The van der Waals surface area contributed by atoms with Crippen molar-refractivity contribution >= 4 is 22.7 Å². The molecule has 100 valence electrons. The quantitative estimate of drug-likeness (QED) is 0.833. The Bertz CT molecular complexity index is 658. The van der Waals surface area contributed by atoms with E-state index in [1.807, 2.05) is 0 Å². The van der Waals surface area contributed by atoms with Gasteiger partial charge in [-0.3, -0.25) is 9.59 Å². The lowest BCUT2D eigenvalue weighted by atomic mass is 9.85. The highest BCUT2D eigenvalue weighted by molar-refractivity contribution is 6.08. The third kappa shape index (κ3) is 2.50. The molecule has 0 saturated carbocycles. The Kier molecular flexibility index (Phi) is 3.14. The number of aromatic nitrogens is 1. The SMILES string of the molecule is CC(C)(CC(=O)c1c[nH]c2ccc(F)cc12)C(=O)O. The standard InChI is InChI=1S/C14H14FNO3/c1-14(2,13(18)19)6-12(17)10-7-16-11-4-3-8(15)5-9(10)11/h3-5,7,16H,6H2,1-2H3,(H,18,19). The molecule has 0 saturated heterocycles. The van der Waals surface area contributed by atoms with Crippen LogP contribution >= 0.6 is 0 Å². The number of nitrogens with one attached hydrogen (secondary N) is 1. The zero-order valence-electron chi connectivity index (χ0n) is 10.7. The zero-order chi connectivity index (χ0) is 14.2. The van der Waals surface area contributed by atoms with E-state index in [2.05, 4.69) is 4.98 Å². The monoisotopic (exact) mass is 263 g/mol. The van der Waals surface area contributed by atoms with Gasteiger partial charge in [0.2, 0.25) is 0 Å². The first-order valence-electron chi connectivity index (χ1n) is 5.84. The summed E-state index contributed by atoms with van der Waals surface area (Å²) < 4.78 is 13.2. The number of carboxylic acid groups (broad SMARTS) is 1. The van der Waals surface area contributed by atoms with Crippen molar-refractivity contribution in [2.45, 2.75) is 20.3 Å². The summed E-state index contributed by atoms with van der Waals surface area (Å²) in [6, 6.07) is 4.12. The highest BCUT2D eigenvalue weighted by Gasteiger charge is 2.31. The maximum atomic E-state index is 13.2. The number of benzene rings is 1. The van der Waals surface area contributed by atoms with Crippen LogP contribution in [0, 0.1) is 11.2 Å². The summed E-state index contributed by atoms with van der Waals surface area (Å²) in [7, 11) is 0. The molecule has 0 radical (unpaired) electrons. The molecule has 1 aromatic heterocycles. The molecular weight excluding hydrogens is 249 g/mol. The Morgan fingerprint density at radius 3 is 2.68 bits per heavy atom. The van der Waals surface area contributed by atoms with Crippen molar-refractivity contribution in [1.29, 1.82) is 0 Å². The molecule has 19 heavy (non-hydrogen) atoms. The molecule has 0 atom stereocenters. The first-order valence-corrected chi connectivity index (χ1v) is 5.84. The molecule has 5 heteroatoms. The average molecular weight is 263 g/mol. The Labute approximate surface area is 109 Å². The molecule has 0 amide bonds. The summed E-state index contributed by atoms with van der Waals surface area (Å²) in [4.78, 5) is 26.0. The number of hydrogen-bond acceptors (Lipinski definition) is 2. The van der Waals surface area contributed by atoms with Gasteiger partial charge in [-0.05, 0) is 32.0 Å². The van der Waals surface area contributed by atoms with Crippen LogP contribution in [-0.2, 0) is 4.79 Å². The number of H-pyrrole nitrogens is 1. The van der Waals surface area contributed by atoms with Crippen molar-refractivity contribution in [3.63, 3.8) is 0 Å². The number of Topliss-reactive ketones (excluding diaryl/α,β-unsaturated/α-hetero) is 1. The lowest BCUT2D eigenvalue weighted by Crippen LogP contribution is -2.26. The average Bonchev–Trinajstić information content (AvgIpc) is 2.70. The number of aromatic amines is 1. The third-order valence-electron chi connectivity index (χ3n) is 3.13. The molecule has 2 N–H and O–H groups in total. The molecular formula is C14H14FNO3. The van der Waals surface area contributed by atoms with E-state index in [9.17, 15) is 14.0 Å². The van der Waals surface area contributed by atoms with Gasteiger partial charge in [0.1, 0.15) is 5.82 Å². The van der Waals surface area contributed by atoms with Gasteiger partial charge in [-0.2, -0.15) is 0 Å². The van der Waals surface area contributed by atoms with Gasteiger partial charge in [0.25, 0.3) is 0 Å². The smallest absolute Gasteiger partial charge is 0.309 e. The maximum Gasteiger partial charge on any atom is 0.309 e. The number of rotatable bonds is 4. The first-order chi connectivity index (χ1) is 8.81. The normalized spacial score (nSPS) is 11.7. The molecule has 0 aliphatic heterocycles. The molecule has 0 aliphatic carbocycles. The molecule has 0 bridgehead atoms. The third-order valence-corrected chi connectivity index (χ3v) is 3.13. The van der Waals surface area contributed by atoms with Gasteiger partial charge in [0, 0.05) is 29.1 Å². The van der Waals surface area contributed by atoms with E-state index < -0.39 is 17.2 Å². The molecule has 0 unspecified atom stereocenters. The van der Waals surface area contributed by atoms with Crippen molar-refractivity contribution in [2.75, 3.05) is 0 Å². The van der Waals surface area contributed by atoms with Crippen LogP contribution in [0.4, 0.5) is 4.39 Å². The largest absolute Gasteiger partial charge is 0.481 e. The second-order valence-corrected chi connectivity index (χ2v) is 5.18. The van der Waals surface area contributed by atoms with Gasteiger partial charge in [-0.15, -0.1) is 0 Å². The van der Waals surface area contributed by atoms with Crippen LogP contribution in [-0.4, -0.2) is 21.8 Å². The van der Waals surface area contributed by atoms with Crippen LogP contribution in [0.1, 0.15) is 30.6 Å². The van der Waals surface area contributed by atoms with Crippen molar-refractivity contribution < 1.29 is 19.1 Å². The molecule has 0 spiro atoms. The lowest BCUT2D eigenvalue weighted by molar-refractivity contribution is -0.146. The number of ketones is 1. The summed E-state index contributed by atoms with van der Waals surface area (Å²) in [5.74, 6) is -1.78. The predicted octanol–water partition coefficient (Wildman–Crippen LogP) is 2.99. The fourth-order valence-electron chi connectivity index (χ4n) is 1.90. The number of carbonyl (C=O) groups is 2. The Morgan fingerprint density at radius 2 is 2.05 bits per heavy atom. The van der Waals surface area contributed by atoms with Gasteiger partial charge >= 0.3 is 5.97 Å². The minimum absolute atomic E-state index is 0.133. The van der Waals surface area contributed by atoms with E-state index in [-0.39, 0.29) is 12.2 Å². The van der Waals surface area contributed by atoms with Crippen LogP contribution in [0.3, 0.4) is 0 Å². The van der Waals surface area contributed by atoms with Gasteiger partial charge in [-0.25, -0.2) is 4.39 Å². The Balaban J connectivity index is 2.37. The minimum Gasteiger partial charge on any atom is -0.481 e. The summed E-state index contributed by atoms with van der Waals surface area (Å²) in [6.45, 7) is 2.98. The van der Waals surface area contributed by atoms with E-state index in [4.69, 9.17) is 5.11 Å². The van der Waals surface area contributed by atoms with Gasteiger partial charge in [-0.1, -0.05) is 0 Å². The molecule has 0 fully saturated rings. The highest BCUT2D eigenvalue weighted by Crippen LogP contribution is 2.27. The molecule has 1 heterocycles. The summed E-state index contributed by atoms with van der Waals surface area (Å²) >= 11 is 0. The number of hydrogen-bond donors (Lipinski definition) is 2. The molecule has 2 rings (SSSR count). The number of halogens is 1. The van der Waals surface area contributed by atoms with Crippen molar-refractivity contribution in [3.05, 3.63) is 35.8 Å². The van der Waals surface area contributed by atoms with E-state index in [1.54, 1.807) is 6.07 Å². The molecule has 4 nitrogen and oxygen atoms in total. The van der Waals surface area contributed by atoms with Gasteiger partial charge in [0.15, 0.2) is 5.78 Å². The van der Waals surface area contributed by atoms with Gasteiger partial charge in [0.05, 0.1) is 5.41 Å². The lowest BCUT2D eigenvalue weighted by Gasteiger charge is -2.17. The van der Waals surface area contributed by atoms with Crippen LogP contribution in [0.15, 0.2) is 24.4 Å². The number of carboxylic acids is 1. The Morgan fingerprint density at radius 1 is 1.37 bits per heavy atom. The molecule has 0 aliphatic rings. The highest BCUT2D eigenvalue weighted by atomic mass is 19.1. The first kappa shape index (κ1) is 13.3.